The molecule has 0 bridgehead atoms. The third-order valence-corrected chi connectivity index (χ3v) is 4.07. The van der Waals surface area contributed by atoms with E-state index in [4.69, 9.17) is 9.05 Å². The van der Waals surface area contributed by atoms with Gasteiger partial charge in [0.1, 0.15) is 0 Å². The predicted molar refractivity (Wildman–Crippen MR) is 40.8 cm³/mol. The van der Waals surface area contributed by atoms with Gasteiger partial charge < -0.3 is 0 Å². The second-order valence-corrected chi connectivity index (χ2v) is 7.15. The van der Waals surface area contributed by atoms with Crippen LogP contribution in [0.15, 0.2) is 0 Å². The van der Waals surface area contributed by atoms with Crippen LogP contribution >= 0.6 is 6.01 Å². The summed E-state index contributed by atoms with van der Waals surface area (Å²) in [6, 6.07) is -0.905. The summed E-state index contributed by atoms with van der Waals surface area (Å²) < 4.78 is 11.0. The van der Waals surface area contributed by atoms with Crippen LogP contribution in [0.3, 0.4) is 0 Å². The molecule has 11 heavy (non-hydrogen) atoms. The maximum absolute atomic E-state index is 5.48. The second kappa shape index (κ2) is 8.33. The quantitative estimate of drug-likeness (QED) is 0.533. The van der Waals surface area contributed by atoms with E-state index in [9.17, 15) is 0 Å². The first-order valence-electron chi connectivity index (χ1n) is 3.39. The molecule has 0 spiro atoms. The van der Waals surface area contributed by atoms with Gasteiger partial charge in [-0.05, 0) is 0 Å². The van der Waals surface area contributed by atoms with E-state index in [1.165, 1.54) is 18.8 Å². The molecule has 0 aromatic heterocycles. The van der Waals surface area contributed by atoms with Crippen LogP contribution < -0.4 is 0 Å². The monoisotopic (exact) mass is 518 g/mol. The van der Waals surface area contributed by atoms with Crippen molar-refractivity contribution in [2.24, 2.45) is 0 Å². The molecular formula is C6H15O2PW2. The molecule has 0 aliphatic heterocycles. The van der Waals surface area contributed by atoms with E-state index in [1.807, 2.05) is 27.7 Å². The van der Waals surface area contributed by atoms with Crippen LogP contribution in [-0.2, 0) is 48.9 Å². The molecule has 68 valence electrons. The molecule has 0 aromatic rings. The Bertz CT molecular complexity index is 105. The summed E-state index contributed by atoms with van der Waals surface area (Å²) >= 11 is 1.43. The SMILES string of the molecule is CC(C)O[PH](=[W])OC(C)C.[W]. The van der Waals surface area contributed by atoms with Crippen molar-refractivity contribution in [1.29, 1.82) is 0 Å². The number of hydrogen-bond donors (Lipinski definition) is 0. The van der Waals surface area contributed by atoms with E-state index < -0.39 is 6.01 Å². The van der Waals surface area contributed by atoms with Crippen molar-refractivity contribution in [3.05, 3.63) is 0 Å². The van der Waals surface area contributed by atoms with Crippen LogP contribution in [-0.4, -0.2) is 12.2 Å². The molecule has 0 atom stereocenters. The minimum absolute atomic E-state index is 0. The van der Waals surface area contributed by atoms with Crippen molar-refractivity contribution in [3.63, 3.8) is 0 Å². The van der Waals surface area contributed by atoms with Crippen LogP contribution in [0.25, 0.3) is 0 Å². The Kier molecular flexibility index (Phi) is 11.5. The van der Waals surface area contributed by atoms with Crippen molar-refractivity contribution >= 4 is 6.01 Å². The summed E-state index contributed by atoms with van der Waals surface area (Å²) in [6.07, 6.45) is 0.621. The van der Waals surface area contributed by atoms with Gasteiger partial charge in [0, 0.05) is 21.1 Å². The van der Waals surface area contributed by atoms with E-state index in [0.29, 0.717) is 12.2 Å². The molecule has 0 aliphatic carbocycles. The maximum Gasteiger partial charge on any atom is 0 e. The fourth-order valence-electron chi connectivity index (χ4n) is 0.413. The van der Waals surface area contributed by atoms with E-state index in [1.54, 1.807) is 0 Å². The number of hydrogen-bond acceptors (Lipinski definition) is 2. The Labute approximate surface area is 94.4 Å². The zero-order chi connectivity index (χ0) is 8.15. The molecule has 0 fully saturated rings. The standard InChI is InChI=1S/C6H15O2P.2W/c1-5(2)7-9-8-6(3)4;;/h5-6,9H,1-4H3;;. The Morgan fingerprint density at radius 1 is 1.00 bits per heavy atom. The Hall–Kier alpha value is 1.73. The average molecular weight is 518 g/mol. The zero-order valence-corrected chi connectivity index (χ0v) is 14.2. The molecule has 5 heteroatoms. The minimum atomic E-state index is -0.905. The summed E-state index contributed by atoms with van der Waals surface area (Å²) in [7, 11) is 0. The van der Waals surface area contributed by atoms with Gasteiger partial charge in [0.15, 0.2) is 0 Å². The average Bonchev–Trinajstić information content (AvgIpc) is 1.58. The summed E-state index contributed by atoms with van der Waals surface area (Å²) in [5.74, 6) is 0. The first-order chi connectivity index (χ1) is 4.52. The maximum atomic E-state index is 5.48. The van der Waals surface area contributed by atoms with Crippen molar-refractivity contribution in [2.75, 3.05) is 0 Å². The summed E-state index contributed by atoms with van der Waals surface area (Å²) in [4.78, 5) is 0. The summed E-state index contributed by atoms with van der Waals surface area (Å²) in [5.41, 5.74) is 0. The van der Waals surface area contributed by atoms with E-state index in [-0.39, 0.29) is 21.1 Å². The fourth-order valence-corrected chi connectivity index (χ4v) is 5.39. The van der Waals surface area contributed by atoms with Gasteiger partial charge in [-0.3, -0.25) is 0 Å². The van der Waals surface area contributed by atoms with E-state index in [2.05, 4.69) is 0 Å². The van der Waals surface area contributed by atoms with Gasteiger partial charge in [-0.25, -0.2) is 0 Å². The molecule has 0 unspecified atom stereocenters. The van der Waals surface area contributed by atoms with Gasteiger partial charge in [-0.1, -0.05) is 0 Å². The molecule has 0 rings (SSSR count). The normalized spacial score (nSPS) is 10.8. The first kappa shape index (κ1) is 15.2. The molecule has 0 radical (unpaired) electrons. The second-order valence-electron chi connectivity index (χ2n) is 2.58. The third-order valence-electron chi connectivity index (χ3n) is 0.664. The third kappa shape index (κ3) is 11.7. The van der Waals surface area contributed by atoms with Crippen molar-refractivity contribution in [2.45, 2.75) is 39.9 Å². The molecule has 0 N–H and O–H groups in total. The first-order valence-corrected chi connectivity index (χ1v) is 9.02. The van der Waals surface area contributed by atoms with Gasteiger partial charge in [0.25, 0.3) is 0 Å². The Balaban J connectivity index is 0. The molecule has 2 nitrogen and oxygen atoms in total. The van der Waals surface area contributed by atoms with Crippen molar-refractivity contribution in [1.82, 2.24) is 0 Å². The summed E-state index contributed by atoms with van der Waals surface area (Å²) in [6.45, 7) is 8.16. The Morgan fingerprint density at radius 2 is 1.27 bits per heavy atom. The van der Waals surface area contributed by atoms with Gasteiger partial charge >= 0.3 is 73.8 Å². The minimum Gasteiger partial charge on any atom is 0 e. The molecular weight excluding hydrogens is 503 g/mol. The molecule has 0 aliphatic rings. The van der Waals surface area contributed by atoms with Crippen LogP contribution in [0.4, 0.5) is 0 Å². The largest absolute Gasteiger partial charge is 0 e. The van der Waals surface area contributed by atoms with Gasteiger partial charge in [-0.15, -0.1) is 0 Å². The van der Waals surface area contributed by atoms with Gasteiger partial charge in [0.05, 0.1) is 0 Å². The van der Waals surface area contributed by atoms with Gasteiger partial charge in [0.2, 0.25) is 0 Å². The van der Waals surface area contributed by atoms with E-state index >= 15 is 0 Å². The van der Waals surface area contributed by atoms with Crippen LogP contribution in [0.2, 0.25) is 0 Å². The molecule has 0 saturated carbocycles. The molecule has 0 amide bonds. The smallest absolute Gasteiger partial charge is 0 e. The molecule has 0 saturated heterocycles. The Morgan fingerprint density at radius 3 is 1.45 bits per heavy atom. The molecule has 0 aromatic carbocycles. The van der Waals surface area contributed by atoms with Crippen molar-refractivity contribution < 1.29 is 48.9 Å². The van der Waals surface area contributed by atoms with Crippen LogP contribution in [0.5, 0.6) is 0 Å². The zero-order valence-electron chi connectivity index (χ0n) is 7.29. The topological polar surface area (TPSA) is 18.5 Å². The predicted octanol–water partition coefficient (Wildman–Crippen LogP) is 2.34. The number of rotatable bonds is 4. The van der Waals surface area contributed by atoms with Crippen molar-refractivity contribution in [3.8, 4) is 0 Å². The van der Waals surface area contributed by atoms with Crippen LogP contribution in [0.1, 0.15) is 27.7 Å². The summed E-state index contributed by atoms with van der Waals surface area (Å²) in [5, 5.41) is 0. The van der Waals surface area contributed by atoms with E-state index in [0.717, 1.165) is 0 Å². The van der Waals surface area contributed by atoms with Crippen LogP contribution in [0, 0.1) is 0 Å². The fraction of sp³-hybridized carbons (Fsp3) is 1.00. The molecule has 0 heterocycles. The van der Waals surface area contributed by atoms with Gasteiger partial charge in [-0.2, -0.15) is 0 Å².